The third-order valence-electron chi connectivity index (χ3n) is 3.40. The fourth-order valence-electron chi connectivity index (χ4n) is 1.90. The summed E-state index contributed by atoms with van der Waals surface area (Å²) in [6.07, 6.45) is 2.11. The molecule has 1 atom stereocenters. The van der Waals surface area contributed by atoms with Crippen molar-refractivity contribution in [2.75, 3.05) is 40.2 Å². The van der Waals surface area contributed by atoms with Gasteiger partial charge in [-0.15, -0.1) is 0 Å². The number of hydrogen-bond donors (Lipinski definition) is 2. The second-order valence-corrected chi connectivity index (χ2v) is 6.58. The molecule has 0 saturated carbocycles. The van der Waals surface area contributed by atoms with E-state index < -0.39 is 0 Å². The standard InChI is InChI=1S/C17H29N3O2S/c1-13-6-7-15(16(10-13)22-9-8-21-4)12-20-17(18-3)19-11-14(2)23-5/h6-7,10,14H,8-9,11-12H2,1-5H3,(H2,18,19,20). The van der Waals surface area contributed by atoms with Gasteiger partial charge in [-0.2, -0.15) is 11.8 Å². The Morgan fingerprint density at radius 2 is 2.09 bits per heavy atom. The van der Waals surface area contributed by atoms with E-state index in [1.807, 2.05) is 11.8 Å². The van der Waals surface area contributed by atoms with Gasteiger partial charge in [0, 0.05) is 38.1 Å². The maximum Gasteiger partial charge on any atom is 0.191 e. The molecule has 0 heterocycles. The number of aliphatic imine (C=N–C) groups is 1. The Hall–Kier alpha value is -1.40. The summed E-state index contributed by atoms with van der Waals surface area (Å²) in [6, 6.07) is 6.23. The Kier molecular flexibility index (Phi) is 9.55. The van der Waals surface area contributed by atoms with E-state index in [1.54, 1.807) is 14.2 Å². The van der Waals surface area contributed by atoms with E-state index in [4.69, 9.17) is 9.47 Å². The summed E-state index contributed by atoms with van der Waals surface area (Å²) in [7, 11) is 3.46. The summed E-state index contributed by atoms with van der Waals surface area (Å²) in [5.41, 5.74) is 2.28. The van der Waals surface area contributed by atoms with Crippen molar-refractivity contribution in [3.05, 3.63) is 29.3 Å². The van der Waals surface area contributed by atoms with Gasteiger partial charge >= 0.3 is 0 Å². The molecule has 0 spiro atoms. The van der Waals surface area contributed by atoms with Crippen molar-refractivity contribution >= 4 is 17.7 Å². The second kappa shape index (κ2) is 11.2. The van der Waals surface area contributed by atoms with E-state index in [1.165, 1.54) is 5.56 Å². The number of nitrogens with one attached hydrogen (secondary N) is 2. The van der Waals surface area contributed by atoms with Crippen molar-refractivity contribution in [2.45, 2.75) is 25.6 Å². The van der Waals surface area contributed by atoms with Crippen molar-refractivity contribution < 1.29 is 9.47 Å². The predicted molar refractivity (Wildman–Crippen MR) is 99.7 cm³/mol. The molecule has 1 aromatic carbocycles. The molecule has 1 rings (SSSR count). The van der Waals surface area contributed by atoms with Crippen LogP contribution in [0.1, 0.15) is 18.1 Å². The topological polar surface area (TPSA) is 54.9 Å². The predicted octanol–water partition coefficient (Wildman–Crippen LogP) is 2.44. The molecule has 2 N–H and O–H groups in total. The van der Waals surface area contributed by atoms with E-state index in [0.29, 0.717) is 25.0 Å². The first-order valence-electron chi connectivity index (χ1n) is 7.79. The molecule has 0 radical (unpaired) electrons. The molecule has 0 aromatic heterocycles. The van der Waals surface area contributed by atoms with Gasteiger partial charge in [-0.05, 0) is 24.8 Å². The van der Waals surface area contributed by atoms with Crippen molar-refractivity contribution in [1.29, 1.82) is 0 Å². The van der Waals surface area contributed by atoms with Crippen LogP contribution in [-0.4, -0.2) is 51.4 Å². The van der Waals surface area contributed by atoms with Gasteiger partial charge < -0.3 is 20.1 Å². The lowest BCUT2D eigenvalue weighted by molar-refractivity contribution is 0.145. The molecule has 0 aliphatic heterocycles. The third-order valence-corrected chi connectivity index (χ3v) is 4.37. The van der Waals surface area contributed by atoms with Crippen molar-refractivity contribution in [3.8, 4) is 5.75 Å². The Morgan fingerprint density at radius 1 is 1.30 bits per heavy atom. The highest BCUT2D eigenvalue weighted by molar-refractivity contribution is 7.99. The van der Waals surface area contributed by atoms with Crippen LogP contribution in [0.15, 0.2) is 23.2 Å². The average Bonchev–Trinajstić information content (AvgIpc) is 2.56. The van der Waals surface area contributed by atoms with Crippen LogP contribution >= 0.6 is 11.8 Å². The number of ether oxygens (including phenoxy) is 2. The Bertz CT molecular complexity index is 495. The summed E-state index contributed by atoms with van der Waals surface area (Å²) in [5.74, 6) is 1.69. The average molecular weight is 340 g/mol. The molecule has 1 aromatic rings. The van der Waals surface area contributed by atoms with Gasteiger partial charge in [0.05, 0.1) is 6.61 Å². The van der Waals surface area contributed by atoms with Crippen LogP contribution in [-0.2, 0) is 11.3 Å². The molecule has 0 aliphatic rings. The van der Waals surface area contributed by atoms with Crippen LogP contribution in [0.25, 0.3) is 0 Å². The number of guanidine groups is 1. The van der Waals surface area contributed by atoms with Gasteiger partial charge in [-0.3, -0.25) is 4.99 Å². The zero-order valence-corrected chi connectivity index (χ0v) is 15.6. The van der Waals surface area contributed by atoms with Gasteiger partial charge in [0.1, 0.15) is 12.4 Å². The number of methoxy groups -OCH3 is 1. The van der Waals surface area contributed by atoms with Crippen LogP contribution < -0.4 is 15.4 Å². The monoisotopic (exact) mass is 339 g/mol. The minimum absolute atomic E-state index is 0.542. The fraction of sp³-hybridized carbons (Fsp3) is 0.588. The third kappa shape index (κ3) is 7.61. The Balaban J connectivity index is 2.61. The van der Waals surface area contributed by atoms with E-state index in [2.05, 4.69) is 53.9 Å². The van der Waals surface area contributed by atoms with E-state index >= 15 is 0 Å². The Morgan fingerprint density at radius 3 is 2.74 bits per heavy atom. The van der Waals surface area contributed by atoms with Gasteiger partial charge in [0.15, 0.2) is 5.96 Å². The molecule has 1 unspecified atom stereocenters. The zero-order valence-electron chi connectivity index (χ0n) is 14.8. The fourth-order valence-corrected chi connectivity index (χ4v) is 2.15. The quantitative estimate of drug-likeness (QED) is 0.411. The van der Waals surface area contributed by atoms with Crippen LogP contribution in [0.2, 0.25) is 0 Å². The van der Waals surface area contributed by atoms with Crippen LogP contribution in [0.4, 0.5) is 0 Å². The number of hydrogen-bond acceptors (Lipinski definition) is 4. The van der Waals surface area contributed by atoms with Crippen molar-refractivity contribution in [3.63, 3.8) is 0 Å². The molecule has 5 nitrogen and oxygen atoms in total. The number of aryl methyl sites for hydroxylation is 1. The summed E-state index contributed by atoms with van der Waals surface area (Å²) in [5, 5.41) is 7.21. The molecular weight excluding hydrogens is 310 g/mol. The van der Waals surface area contributed by atoms with E-state index in [0.717, 1.165) is 23.8 Å². The molecular formula is C17H29N3O2S. The maximum atomic E-state index is 5.81. The number of thioether (sulfide) groups is 1. The highest BCUT2D eigenvalue weighted by atomic mass is 32.2. The highest BCUT2D eigenvalue weighted by Crippen LogP contribution is 2.20. The summed E-state index contributed by atoms with van der Waals surface area (Å²) >= 11 is 1.83. The molecule has 0 bridgehead atoms. The number of rotatable bonds is 9. The summed E-state index contributed by atoms with van der Waals surface area (Å²) in [6.45, 7) is 6.92. The molecule has 130 valence electrons. The van der Waals surface area contributed by atoms with Crippen molar-refractivity contribution in [2.24, 2.45) is 4.99 Å². The normalized spacial score (nSPS) is 12.8. The maximum absolute atomic E-state index is 5.81. The van der Waals surface area contributed by atoms with Gasteiger partial charge in [-0.1, -0.05) is 19.1 Å². The number of nitrogens with zero attached hydrogens (tertiary/aromatic N) is 1. The Labute approximate surface area is 144 Å². The zero-order chi connectivity index (χ0) is 17.1. The first-order valence-corrected chi connectivity index (χ1v) is 9.08. The molecule has 0 amide bonds. The van der Waals surface area contributed by atoms with E-state index in [9.17, 15) is 0 Å². The first kappa shape index (κ1) is 19.6. The summed E-state index contributed by atoms with van der Waals surface area (Å²) < 4.78 is 10.9. The lowest BCUT2D eigenvalue weighted by atomic mass is 10.1. The lowest BCUT2D eigenvalue weighted by Gasteiger charge is -2.16. The molecule has 0 aliphatic carbocycles. The molecule has 0 saturated heterocycles. The molecule has 6 heteroatoms. The minimum atomic E-state index is 0.542. The van der Waals surface area contributed by atoms with Gasteiger partial charge in [0.25, 0.3) is 0 Å². The van der Waals surface area contributed by atoms with Crippen molar-refractivity contribution in [1.82, 2.24) is 10.6 Å². The molecule has 23 heavy (non-hydrogen) atoms. The van der Waals surface area contributed by atoms with Crippen LogP contribution in [0.3, 0.4) is 0 Å². The first-order chi connectivity index (χ1) is 11.1. The highest BCUT2D eigenvalue weighted by Gasteiger charge is 2.07. The van der Waals surface area contributed by atoms with Gasteiger partial charge in [0.2, 0.25) is 0 Å². The lowest BCUT2D eigenvalue weighted by Crippen LogP contribution is -2.39. The smallest absolute Gasteiger partial charge is 0.191 e. The number of benzene rings is 1. The second-order valence-electron chi connectivity index (χ2n) is 5.31. The van der Waals surface area contributed by atoms with E-state index in [-0.39, 0.29) is 0 Å². The van der Waals surface area contributed by atoms with Crippen LogP contribution in [0.5, 0.6) is 5.75 Å². The largest absolute Gasteiger partial charge is 0.491 e. The minimum Gasteiger partial charge on any atom is -0.491 e. The SMILES string of the molecule is CN=C(NCc1ccc(C)cc1OCCOC)NCC(C)SC. The van der Waals surface area contributed by atoms with Gasteiger partial charge in [-0.25, -0.2) is 0 Å². The van der Waals surface area contributed by atoms with Crippen LogP contribution in [0, 0.1) is 6.92 Å². The summed E-state index contributed by atoms with van der Waals surface area (Å²) in [4.78, 5) is 4.26. The molecule has 0 fully saturated rings.